The van der Waals surface area contributed by atoms with E-state index in [-0.39, 0.29) is 5.82 Å². The van der Waals surface area contributed by atoms with Gasteiger partial charge in [-0.2, -0.15) is 0 Å². The van der Waals surface area contributed by atoms with Gasteiger partial charge in [-0.3, -0.25) is 0 Å². The highest BCUT2D eigenvalue weighted by molar-refractivity contribution is 7.22. The van der Waals surface area contributed by atoms with Crippen LogP contribution >= 0.6 is 11.3 Å². The molecule has 0 spiro atoms. The monoisotopic (exact) mass is 440 g/mol. The van der Waals surface area contributed by atoms with Gasteiger partial charge in [0, 0.05) is 16.2 Å². The average Bonchev–Trinajstić information content (AvgIpc) is 3.15. The number of carboxylic acids is 1. The van der Waals surface area contributed by atoms with Crippen LogP contribution in [0.15, 0.2) is 91.0 Å². The zero-order valence-electron chi connectivity index (χ0n) is 16.8. The van der Waals surface area contributed by atoms with Gasteiger partial charge < -0.3 is 9.84 Å². The van der Waals surface area contributed by atoms with Crippen LogP contribution < -0.4 is 4.74 Å². The first-order valence-electron chi connectivity index (χ1n) is 9.97. The molecule has 5 aromatic rings. The molecule has 0 aliphatic carbocycles. The highest BCUT2D eigenvalue weighted by Crippen LogP contribution is 2.47. The largest absolute Gasteiger partial charge is 0.478 e. The van der Waals surface area contributed by atoms with E-state index in [9.17, 15) is 9.18 Å². The summed E-state index contributed by atoms with van der Waals surface area (Å²) in [5.41, 5.74) is 1.76. The summed E-state index contributed by atoms with van der Waals surface area (Å²) in [6.07, 6.45) is 2.62. The SMILES string of the molecule is O=C(O)/C=C/c1ccc(Oc2c(-c3ccc4ccccc4c3)sc3cc(F)ccc23)cc1. The van der Waals surface area contributed by atoms with Crippen molar-refractivity contribution in [2.75, 3.05) is 0 Å². The minimum absolute atomic E-state index is 0.287. The molecule has 5 heteroatoms. The number of aliphatic carboxylic acids is 1. The molecule has 0 radical (unpaired) electrons. The molecule has 0 aliphatic rings. The normalized spacial score (nSPS) is 11.4. The van der Waals surface area contributed by atoms with Crippen LogP contribution in [0.1, 0.15) is 5.56 Å². The van der Waals surface area contributed by atoms with E-state index in [1.165, 1.54) is 29.5 Å². The van der Waals surface area contributed by atoms with Gasteiger partial charge in [-0.25, -0.2) is 9.18 Å². The zero-order valence-corrected chi connectivity index (χ0v) is 17.6. The highest BCUT2D eigenvalue weighted by atomic mass is 32.1. The second-order valence-corrected chi connectivity index (χ2v) is 8.36. The Kier molecular flexibility index (Phi) is 5.17. The lowest BCUT2D eigenvalue weighted by Crippen LogP contribution is -1.87. The number of hydrogen-bond acceptors (Lipinski definition) is 3. The molecule has 0 amide bonds. The van der Waals surface area contributed by atoms with Gasteiger partial charge in [0.2, 0.25) is 0 Å². The van der Waals surface area contributed by atoms with Crippen molar-refractivity contribution >= 4 is 44.2 Å². The Hall–Kier alpha value is -3.96. The van der Waals surface area contributed by atoms with Crippen LogP contribution in [-0.2, 0) is 4.79 Å². The average molecular weight is 440 g/mol. The number of carbonyl (C=O) groups is 1. The summed E-state index contributed by atoms with van der Waals surface area (Å²) < 4.78 is 21.0. The molecule has 156 valence electrons. The Morgan fingerprint density at radius 2 is 1.69 bits per heavy atom. The fraction of sp³-hybridized carbons (Fsp3) is 0. The molecular formula is C27H17FO3S. The van der Waals surface area contributed by atoms with Crippen LogP contribution in [0.2, 0.25) is 0 Å². The maximum absolute atomic E-state index is 13.9. The quantitative estimate of drug-likeness (QED) is 0.284. The fourth-order valence-corrected chi connectivity index (χ4v) is 4.75. The lowest BCUT2D eigenvalue weighted by Gasteiger charge is -2.09. The van der Waals surface area contributed by atoms with Crippen LogP contribution in [0.5, 0.6) is 11.5 Å². The molecule has 0 unspecified atom stereocenters. The standard InChI is InChI=1S/C27H17FO3S/c28-21-10-13-23-24(16-21)32-27(20-9-8-18-3-1-2-4-19(18)15-20)26(23)31-22-11-5-17(6-12-22)7-14-25(29)30/h1-16H,(H,29,30)/b14-7+. The number of hydrogen-bond donors (Lipinski definition) is 1. The van der Waals surface area contributed by atoms with Gasteiger partial charge in [0.05, 0.1) is 4.88 Å². The number of ether oxygens (including phenoxy) is 1. The highest BCUT2D eigenvalue weighted by Gasteiger charge is 2.17. The molecule has 32 heavy (non-hydrogen) atoms. The molecule has 4 aromatic carbocycles. The molecule has 5 rings (SSSR count). The molecule has 3 nitrogen and oxygen atoms in total. The van der Waals surface area contributed by atoms with E-state index in [4.69, 9.17) is 9.84 Å². The van der Waals surface area contributed by atoms with E-state index in [1.807, 2.05) is 12.1 Å². The van der Waals surface area contributed by atoms with E-state index >= 15 is 0 Å². The van der Waals surface area contributed by atoms with Crippen LogP contribution in [0.3, 0.4) is 0 Å². The van der Waals surface area contributed by atoms with Crippen molar-refractivity contribution in [3.8, 4) is 21.9 Å². The van der Waals surface area contributed by atoms with Crippen molar-refractivity contribution in [3.05, 3.63) is 102 Å². The molecule has 1 aromatic heterocycles. The Morgan fingerprint density at radius 1 is 0.906 bits per heavy atom. The molecule has 0 saturated carbocycles. The van der Waals surface area contributed by atoms with Crippen molar-refractivity contribution in [2.45, 2.75) is 0 Å². The molecule has 1 N–H and O–H groups in total. The van der Waals surface area contributed by atoms with Gasteiger partial charge in [0.1, 0.15) is 11.6 Å². The van der Waals surface area contributed by atoms with Gasteiger partial charge in [-0.1, -0.05) is 48.5 Å². The second kappa shape index (κ2) is 8.29. The van der Waals surface area contributed by atoms with Crippen LogP contribution in [-0.4, -0.2) is 11.1 Å². The Morgan fingerprint density at radius 3 is 2.47 bits per heavy atom. The number of thiophene rings is 1. The van der Waals surface area contributed by atoms with Crippen molar-refractivity contribution in [3.63, 3.8) is 0 Å². The first-order valence-corrected chi connectivity index (χ1v) is 10.8. The van der Waals surface area contributed by atoms with Gasteiger partial charge in [-0.05, 0) is 64.4 Å². The van der Waals surface area contributed by atoms with Gasteiger partial charge >= 0.3 is 5.97 Å². The predicted octanol–water partition coefficient (Wildman–Crippen LogP) is 7.75. The Balaban J connectivity index is 1.59. The minimum Gasteiger partial charge on any atom is -0.478 e. The van der Waals surface area contributed by atoms with Crippen molar-refractivity contribution in [1.82, 2.24) is 0 Å². The van der Waals surface area contributed by atoms with Crippen LogP contribution in [0.25, 0.3) is 37.4 Å². The lowest BCUT2D eigenvalue weighted by molar-refractivity contribution is -0.131. The summed E-state index contributed by atoms with van der Waals surface area (Å²) in [6.45, 7) is 0. The van der Waals surface area contributed by atoms with Crippen molar-refractivity contribution in [2.24, 2.45) is 0 Å². The van der Waals surface area contributed by atoms with Crippen LogP contribution in [0.4, 0.5) is 4.39 Å². The fourth-order valence-electron chi connectivity index (χ4n) is 3.60. The minimum atomic E-state index is -0.998. The van der Waals surface area contributed by atoms with Crippen LogP contribution in [0, 0.1) is 5.82 Å². The number of halogens is 1. The lowest BCUT2D eigenvalue weighted by atomic mass is 10.1. The first-order chi connectivity index (χ1) is 15.6. The molecule has 0 aliphatic heterocycles. The molecule has 0 bridgehead atoms. The number of fused-ring (bicyclic) bond motifs is 2. The third kappa shape index (κ3) is 3.98. The van der Waals surface area contributed by atoms with Crippen molar-refractivity contribution in [1.29, 1.82) is 0 Å². The van der Waals surface area contributed by atoms with E-state index in [2.05, 4.69) is 30.3 Å². The Bertz CT molecular complexity index is 1480. The third-order valence-corrected chi connectivity index (χ3v) is 6.32. The summed E-state index contributed by atoms with van der Waals surface area (Å²) in [5.74, 6) is 0.00455. The van der Waals surface area contributed by atoms with Crippen molar-refractivity contribution < 1.29 is 19.0 Å². The maximum Gasteiger partial charge on any atom is 0.328 e. The number of carboxylic acid groups (broad SMARTS) is 1. The second-order valence-electron chi connectivity index (χ2n) is 7.31. The zero-order chi connectivity index (χ0) is 22.1. The summed E-state index contributed by atoms with van der Waals surface area (Å²) >= 11 is 1.49. The molecule has 0 fully saturated rings. The van der Waals surface area contributed by atoms with Gasteiger partial charge in [-0.15, -0.1) is 11.3 Å². The molecule has 1 heterocycles. The number of rotatable bonds is 5. The third-order valence-electron chi connectivity index (χ3n) is 5.14. The predicted molar refractivity (Wildman–Crippen MR) is 128 cm³/mol. The first kappa shape index (κ1) is 20.0. The summed E-state index contributed by atoms with van der Waals surface area (Å²) in [6, 6.07) is 26.2. The molecular weight excluding hydrogens is 423 g/mol. The van der Waals surface area contributed by atoms with Gasteiger partial charge in [0.15, 0.2) is 5.75 Å². The number of benzene rings is 4. The maximum atomic E-state index is 13.9. The summed E-state index contributed by atoms with van der Waals surface area (Å²) in [7, 11) is 0. The molecule has 0 saturated heterocycles. The summed E-state index contributed by atoms with van der Waals surface area (Å²) in [4.78, 5) is 11.6. The van der Waals surface area contributed by atoms with E-state index < -0.39 is 5.97 Å². The topological polar surface area (TPSA) is 46.5 Å². The van der Waals surface area contributed by atoms with E-state index in [0.717, 1.165) is 42.9 Å². The van der Waals surface area contributed by atoms with Gasteiger partial charge in [0.25, 0.3) is 0 Å². The Labute approximate surface area is 187 Å². The summed E-state index contributed by atoms with van der Waals surface area (Å²) in [5, 5.41) is 11.9. The van der Waals surface area contributed by atoms with E-state index in [0.29, 0.717) is 11.5 Å². The smallest absolute Gasteiger partial charge is 0.328 e. The van der Waals surface area contributed by atoms with E-state index in [1.54, 1.807) is 30.3 Å². The molecule has 0 atom stereocenters.